The molecule has 7 heteroatoms. The van der Waals surface area contributed by atoms with E-state index < -0.39 is 0 Å². The number of anilines is 2. The fourth-order valence-electron chi connectivity index (χ4n) is 2.63. The van der Waals surface area contributed by atoms with Crippen molar-refractivity contribution in [3.8, 4) is 17.2 Å². The highest BCUT2D eigenvalue weighted by Crippen LogP contribution is 2.31. The minimum Gasteiger partial charge on any atom is -0.482 e. The Hall–Kier alpha value is -3.35. The molecule has 2 aromatic carbocycles. The minimum absolute atomic E-state index is 0.0469. The van der Waals surface area contributed by atoms with E-state index in [1.165, 1.54) is 0 Å². The van der Waals surface area contributed by atoms with Gasteiger partial charge in [-0.05, 0) is 41.9 Å². The van der Waals surface area contributed by atoms with Gasteiger partial charge in [0.2, 0.25) is 0 Å². The number of nitrogens with one attached hydrogen (secondary N) is 2. The third-order valence-electron chi connectivity index (χ3n) is 3.93. The maximum atomic E-state index is 11.5. The number of rotatable bonds is 4. The number of nitrogens with zero attached hydrogens (tertiary/aromatic N) is 2. The summed E-state index contributed by atoms with van der Waals surface area (Å²) in [6.07, 6.45) is 0. The molecule has 1 amide bonds. The fourth-order valence-corrected chi connectivity index (χ4v) is 2.63. The highest BCUT2D eigenvalue weighted by atomic mass is 16.5. The molecule has 25 heavy (non-hydrogen) atoms. The highest BCUT2D eigenvalue weighted by molar-refractivity contribution is 5.95. The normalized spacial score (nSPS) is 14.2. The summed E-state index contributed by atoms with van der Waals surface area (Å²) in [6, 6.07) is 15.2. The number of carbonyl (C=O) groups excluding carboxylic acids is 1. The minimum atomic E-state index is -0.157. The van der Waals surface area contributed by atoms with Crippen LogP contribution in [0.3, 0.4) is 0 Å². The Morgan fingerprint density at radius 3 is 2.88 bits per heavy atom. The number of fused-ring (bicyclic) bond motifs is 1. The highest BCUT2D eigenvalue weighted by Gasteiger charge is 2.18. The van der Waals surface area contributed by atoms with Crippen LogP contribution in [0.4, 0.5) is 11.6 Å². The van der Waals surface area contributed by atoms with Crippen LogP contribution < -0.4 is 15.4 Å². The SMILES string of the molecule is CC(Nc1noc(-c2ccccc2)n1)c1ccc2c(c1)NC(=O)CO2. The summed E-state index contributed by atoms with van der Waals surface area (Å²) in [5.74, 6) is 1.38. The van der Waals surface area contributed by atoms with E-state index in [4.69, 9.17) is 9.26 Å². The summed E-state index contributed by atoms with van der Waals surface area (Å²) in [5.41, 5.74) is 2.50. The number of aromatic nitrogens is 2. The molecule has 7 nitrogen and oxygen atoms in total. The lowest BCUT2D eigenvalue weighted by molar-refractivity contribution is -0.118. The molecule has 0 aliphatic carbocycles. The molecule has 1 aliphatic rings. The monoisotopic (exact) mass is 336 g/mol. The van der Waals surface area contributed by atoms with Crippen molar-refractivity contribution in [1.29, 1.82) is 0 Å². The molecular weight excluding hydrogens is 320 g/mol. The predicted octanol–water partition coefficient (Wildman–Crippen LogP) is 3.24. The van der Waals surface area contributed by atoms with Gasteiger partial charge in [-0.2, -0.15) is 4.98 Å². The zero-order chi connectivity index (χ0) is 17.2. The Kier molecular flexibility index (Phi) is 3.81. The summed E-state index contributed by atoms with van der Waals surface area (Å²) in [7, 11) is 0. The van der Waals surface area contributed by atoms with E-state index in [-0.39, 0.29) is 18.6 Å². The molecule has 1 unspecified atom stereocenters. The van der Waals surface area contributed by atoms with Gasteiger partial charge in [-0.25, -0.2) is 0 Å². The average Bonchev–Trinajstić information content (AvgIpc) is 3.10. The van der Waals surface area contributed by atoms with E-state index in [1.807, 2.05) is 55.5 Å². The van der Waals surface area contributed by atoms with Gasteiger partial charge < -0.3 is 19.9 Å². The second-order valence-corrected chi connectivity index (χ2v) is 5.75. The number of benzene rings is 2. The van der Waals surface area contributed by atoms with E-state index in [0.29, 0.717) is 23.3 Å². The van der Waals surface area contributed by atoms with E-state index in [2.05, 4.69) is 20.8 Å². The lowest BCUT2D eigenvalue weighted by Crippen LogP contribution is -2.25. The van der Waals surface area contributed by atoms with Crippen LogP contribution in [-0.2, 0) is 4.79 Å². The first-order valence-corrected chi connectivity index (χ1v) is 7.91. The van der Waals surface area contributed by atoms with E-state index in [9.17, 15) is 4.79 Å². The molecule has 1 aliphatic heterocycles. The van der Waals surface area contributed by atoms with Crippen LogP contribution in [0.15, 0.2) is 53.1 Å². The van der Waals surface area contributed by atoms with Crippen molar-refractivity contribution < 1.29 is 14.1 Å². The van der Waals surface area contributed by atoms with Gasteiger partial charge in [0.1, 0.15) is 5.75 Å². The topological polar surface area (TPSA) is 89.3 Å². The van der Waals surface area contributed by atoms with Crippen molar-refractivity contribution in [2.45, 2.75) is 13.0 Å². The Morgan fingerprint density at radius 2 is 2.04 bits per heavy atom. The fraction of sp³-hybridized carbons (Fsp3) is 0.167. The lowest BCUT2D eigenvalue weighted by atomic mass is 10.1. The third kappa shape index (κ3) is 3.16. The van der Waals surface area contributed by atoms with E-state index in [1.54, 1.807) is 0 Å². The van der Waals surface area contributed by atoms with Gasteiger partial charge in [-0.3, -0.25) is 4.79 Å². The van der Waals surface area contributed by atoms with Gasteiger partial charge >= 0.3 is 0 Å². The summed E-state index contributed by atoms with van der Waals surface area (Å²) >= 11 is 0. The molecular formula is C18H16N4O3. The summed E-state index contributed by atoms with van der Waals surface area (Å²) in [6.45, 7) is 2.02. The molecule has 0 radical (unpaired) electrons. The smallest absolute Gasteiger partial charge is 0.264 e. The molecule has 126 valence electrons. The zero-order valence-corrected chi connectivity index (χ0v) is 13.5. The maximum Gasteiger partial charge on any atom is 0.264 e. The van der Waals surface area contributed by atoms with Gasteiger partial charge in [-0.15, -0.1) is 0 Å². The first-order valence-electron chi connectivity index (χ1n) is 7.91. The Labute approximate surface area is 144 Å². The summed E-state index contributed by atoms with van der Waals surface area (Å²) < 4.78 is 10.7. The Bertz CT molecular complexity index is 908. The molecule has 0 bridgehead atoms. The number of hydrogen-bond acceptors (Lipinski definition) is 6. The zero-order valence-electron chi connectivity index (χ0n) is 13.5. The van der Waals surface area contributed by atoms with Crippen LogP contribution in [-0.4, -0.2) is 22.7 Å². The summed E-state index contributed by atoms with van der Waals surface area (Å²) in [4.78, 5) is 15.8. The molecule has 0 saturated carbocycles. The lowest BCUT2D eigenvalue weighted by Gasteiger charge is -2.20. The van der Waals surface area contributed by atoms with Crippen molar-refractivity contribution in [3.05, 3.63) is 54.1 Å². The van der Waals surface area contributed by atoms with Gasteiger partial charge in [0, 0.05) is 5.56 Å². The largest absolute Gasteiger partial charge is 0.482 e. The maximum absolute atomic E-state index is 11.5. The van der Waals surface area contributed by atoms with Crippen LogP contribution in [0.1, 0.15) is 18.5 Å². The molecule has 0 spiro atoms. The Morgan fingerprint density at radius 1 is 1.20 bits per heavy atom. The average molecular weight is 336 g/mol. The number of ether oxygens (including phenoxy) is 1. The number of carbonyl (C=O) groups is 1. The van der Waals surface area contributed by atoms with Gasteiger partial charge in [0.05, 0.1) is 11.7 Å². The molecule has 0 fully saturated rings. The van der Waals surface area contributed by atoms with Crippen LogP contribution >= 0.6 is 0 Å². The van der Waals surface area contributed by atoms with Crippen molar-refractivity contribution >= 4 is 17.5 Å². The van der Waals surface area contributed by atoms with Crippen molar-refractivity contribution in [3.63, 3.8) is 0 Å². The first-order chi connectivity index (χ1) is 12.2. The summed E-state index contributed by atoms with van der Waals surface area (Å²) in [5, 5.41) is 9.97. The van der Waals surface area contributed by atoms with Gasteiger partial charge in [0.15, 0.2) is 6.61 Å². The quantitative estimate of drug-likeness (QED) is 0.760. The van der Waals surface area contributed by atoms with Crippen molar-refractivity contribution in [1.82, 2.24) is 10.1 Å². The standard InChI is InChI=1S/C18H16N4O3/c1-11(13-7-8-15-14(9-13)20-16(23)10-24-15)19-18-21-17(25-22-18)12-5-3-2-4-6-12/h2-9,11H,10H2,1H3,(H,19,22)(H,20,23). The van der Waals surface area contributed by atoms with Crippen LogP contribution in [0.2, 0.25) is 0 Å². The second kappa shape index (κ2) is 6.27. The van der Waals surface area contributed by atoms with E-state index in [0.717, 1.165) is 11.1 Å². The molecule has 0 saturated heterocycles. The van der Waals surface area contributed by atoms with Crippen LogP contribution in [0, 0.1) is 0 Å². The van der Waals surface area contributed by atoms with Crippen LogP contribution in [0.5, 0.6) is 5.75 Å². The number of amides is 1. The molecule has 1 atom stereocenters. The molecule has 1 aromatic heterocycles. The predicted molar refractivity (Wildman–Crippen MR) is 92.3 cm³/mol. The van der Waals surface area contributed by atoms with Gasteiger partial charge in [-0.1, -0.05) is 24.3 Å². The first kappa shape index (κ1) is 15.2. The van der Waals surface area contributed by atoms with Crippen molar-refractivity contribution in [2.24, 2.45) is 0 Å². The number of hydrogen-bond donors (Lipinski definition) is 2. The molecule has 3 aromatic rings. The van der Waals surface area contributed by atoms with E-state index >= 15 is 0 Å². The van der Waals surface area contributed by atoms with Crippen LogP contribution in [0.25, 0.3) is 11.5 Å². The third-order valence-corrected chi connectivity index (χ3v) is 3.93. The van der Waals surface area contributed by atoms with Gasteiger partial charge in [0.25, 0.3) is 17.7 Å². The molecule has 4 rings (SSSR count). The molecule has 2 heterocycles. The van der Waals surface area contributed by atoms with Crippen molar-refractivity contribution in [2.75, 3.05) is 17.2 Å². The Balaban J connectivity index is 1.51. The molecule has 2 N–H and O–H groups in total. The second-order valence-electron chi connectivity index (χ2n) is 5.75.